The summed E-state index contributed by atoms with van der Waals surface area (Å²) in [5.74, 6) is -0.0799. The van der Waals surface area contributed by atoms with Crippen LogP contribution in [0.3, 0.4) is 0 Å². The van der Waals surface area contributed by atoms with Gasteiger partial charge in [0.1, 0.15) is 6.33 Å². The SMILES string of the molecule is CC(=O)N1CCN(C(=O)c2cncnc2)[C@H](c2ccccc2)C1. The Kier molecular flexibility index (Phi) is 4.32. The summed E-state index contributed by atoms with van der Waals surface area (Å²) in [5, 5.41) is 0. The fraction of sp³-hybridized carbons (Fsp3) is 0.294. The Morgan fingerprint density at radius 2 is 1.78 bits per heavy atom. The molecule has 0 unspecified atom stereocenters. The van der Waals surface area contributed by atoms with E-state index in [-0.39, 0.29) is 17.9 Å². The fourth-order valence-electron chi connectivity index (χ4n) is 2.85. The van der Waals surface area contributed by atoms with Gasteiger partial charge in [0.15, 0.2) is 0 Å². The third kappa shape index (κ3) is 3.21. The monoisotopic (exact) mass is 310 g/mol. The van der Waals surface area contributed by atoms with E-state index < -0.39 is 0 Å². The van der Waals surface area contributed by atoms with Crippen LogP contribution in [0.5, 0.6) is 0 Å². The number of carbonyl (C=O) groups excluding carboxylic acids is 2. The van der Waals surface area contributed by atoms with Crippen molar-refractivity contribution in [2.75, 3.05) is 19.6 Å². The lowest BCUT2D eigenvalue weighted by atomic mass is 10.0. The largest absolute Gasteiger partial charge is 0.339 e. The van der Waals surface area contributed by atoms with Gasteiger partial charge in [0.2, 0.25) is 5.91 Å². The van der Waals surface area contributed by atoms with Crippen LogP contribution >= 0.6 is 0 Å². The van der Waals surface area contributed by atoms with Crippen LogP contribution in [-0.4, -0.2) is 51.2 Å². The zero-order valence-electron chi connectivity index (χ0n) is 12.9. The molecule has 2 aromatic rings. The van der Waals surface area contributed by atoms with E-state index in [1.807, 2.05) is 30.3 Å². The molecule has 1 aliphatic rings. The van der Waals surface area contributed by atoms with Gasteiger partial charge in [-0.15, -0.1) is 0 Å². The second-order valence-corrected chi connectivity index (χ2v) is 5.52. The molecule has 2 amide bonds. The minimum atomic E-state index is -0.165. The maximum absolute atomic E-state index is 12.8. The van der Waals surface area contributed by atoms with Crippen molar-refractivity contribution < 1.29 is 9.59 Å². The van der Waals surface area contributed by atoms with Gasteiger partial charge in [0.25, 0.3) is 5.91 Å². The van der Waals surface area contributed by atoms with Crippen LogP contribution in [0.4, 0.5) is 0 Å². The number of hydrogen-bond acceptors (Lipinski definition) is 4. The number of aromatic nitrogens is 2. The van der Waals surface area contributed by atoms with E-state index in [1.54, 1.807) is 16.7 Å². The molecule has 3 rings (SSSR count). The van der Waals surface area contributed by atoms with E-state index >= 15 is 0 Å². The number of amides is 2. The highest BCUT2D eigenvalue weighted by Gasteiger charge is 2.33. The topological polar surface area (TPSA) is 66.4 Å². The highest BCUT2D eigenvalue weighted by molar-refractivity contribution is 5.94. The molecule has 2 heterocycles. The number of carbonyl (C=O) groups is 2. The first-order valence-corrected chi connectivity index (χ1v) is 7.53. The molecular formula is C17H18N4O2. The molecule has 0 aliphatic carbocycles. The molecule has 1 aromatic carbocycles. The third-order valence-electron chi connectivity index (χ3n) is 4.08. The second kappa shape index (κ2) is 6.56. The Labute approximate surface area is 134 Å². The summed E-state index contributed by atoms with van der Waals surface area (Å²) >= 11 is 0. The van der Waals surface area contributed by atoms with Crippen molar-refractivity contribution in [3.8, 4) is 0 Å². The van der Waals surface area contributed by atoms with Crippen molar-refractivity contribution in [3.63, 3.8) is 0 Å². The van der Waals surface area contributed by atoms with E-state index in [9.17, 15) is 9.59 Å². The van der Waals surface area contributed by atoms with Crippen molar-refractivity contribution in [2.24, 2.45) is 0 Å². The number of nitrogens with zero attached hydrogens (tertiary/aromatic N) is 4. The van der Waals surface area contributed by atoms with Crippen LogP contribution in [-0.2, 0) is 4.79 Å². The molecule has 0 radical (unpaired) electrons. The van der Waals surface area contributed by atoms with Crippen LogP contribution in [0.25, 0.3) is 0 Å². The summed E-state index contributed by atoms with van der Waals surface area (Å²) in [7, 11) is 0. The smallest absolute Gasteiger partial charge is 0.257 e. The summed E-state index contributed by atoms with van der Waals surface area (Å²) in [6, 6.07) is 9.62. The lowest BCUT2D eigenvalue weighted by Crippen LogP contribution is -2.51. The Hall–Kier alpha value is -2.76. The molecule has 1 fully saturated rings. The van der Waals surface area contributed by atoms with E-state index in [2.05, 4.69) is 9.97 Å². The minimum absolute atomic E-state index is 0.0288. The molecule has 0 spiro atoms. The molecule has 1 aromatic heterocycles. The Balaban J connectivity index is 1.91. The van der Waals surface area contributed by atoms with Gasteiger partial charge in [-0.1, -0.05) is 30.3 Å². The molecule has 1 aliphatic heterocycles. The predicted octanol–water partition coefficient (Wildman–Crippen LogP) is 1.52. The average Bonchev–Trinajstić information content (AvgIpc) is 2.62. The van der Waals surface area contributed by atoms with Gasteiger partial charge < -0.3 is 9.80 Å². The van der Waals surface area contributed by atoms with E-state index in [1.165, 1.54) is 18.7 Å². The molecule has 1 saturated heterocycles. The third-order valence-corrected chi connectivity index (χ3v) is 4.08. The normalized spacial score (nSPS) is 17.9. The van der Waals surface area contributed by atoms with Gasteiger partial charge in [-0.2, -0.15) is 0 Å². The van der Waals surface area contributed by atoms with Crippen LogP contribution < -0.4 is 0 Å². The highest BCUT2D eigenvalue weighted by atomic mass is 16.2. The molecule has 6 nitrogen and oxygen atoms in total. The molecule has 118 valence electrons. The molecule has 6 heteroatoms. The van der Waals surface area contributed by atoms with Gasteiger partial charge in [0, 0.05) is 39.0 Å². The molecule has 0 saturated carbocycles. The Bertz CT molecular complexity index is 690. The van der Waals surface area contributed by atoms with Crippen molar-refractivity contribution in [1.29, 1.82) is 0 Å². The van der Waals surface area contributed by atoms with Crippen LogP contribution in [0, 0.1) is 0 Å². The van der Waals surface area contributed by atoms with E-state index in [0.717, 1.165) is 5.56 Å². The number of piperazine rings is 1. The van der Waals surface area contributed by atoms with Crippen molar-refractivity contribution in [3.05, 3.63) is 60.2 Å². The van der Waals surface area contributed by atoms with Gasteiger partial charge in [-0.3, -0.25) is 9.59 Å². The molecule has 23 heavy (non-hydrogen) atoms. The van der Waals surface area contributed by atoms with Gasteiger partial charge in [-0.05, 0) is 5.56 Å². The first-order chi connectivity index (χ1) is 11.2. The zero-order chi connectivity index (χ0) is 16.2. The minimum Gasteiger partial charge on any atom is -0.339 e. The lowest BCUT2D eigenvalue weighted by molar-refractivity contribution is -0.131. The van der Waals surface area contributed by atoms with Crippen LogP contribution in [0.2, 0.25) is 0 Å². The van der Waals surface area contributed by atoms with Crippen molar-refractivity contribution in [2.45, 2.75) is 13.0 Å². The van der Waals surface area contributed by atoms with Gasteiger partial charge >= 0.3 is 0 Å². The number of rotatable bonds is 2. The summed E-state index contributed by atoms with van der Waals surface area (Å²) < 4.78 is 0. The maximum Gasteiger partial charge on any atom is 0.257 e. The van der Waals surface area contributed by atoms with Crippen molar-refractivity contribution >= 4 is 11.8 Å². The fourth-order valence-corrected chi connectivity index (χ4v) is 2.85. The second-order valence-electron chi connectivity index (χ2n) is 5.52. The summed E-state index contributed by atoms with van der Waals surface area (Å²) in [6.45, 7) is 3.09. The zero-order valence-corrected chi connectivity index (χ0v) is 12.9. The lowest BCUT2D eigenvalue weighted by Gasteiger charge is -2.41. The molecular weight excluding hydrogens is 292 g/mol. The molecule has 0 bridgehead atoms. The van der Waals surface area contributed by atoms with Crippen LogP contribution in [0.1, 0.15) is 28.9 Å². The summed E-state index contributed by atoms with van der Waals surface area (Å²) in [5.41, 5.74) is 1.48. The maximum atomic E-state index is 12.8. The van der Waals surface area contributed by atoms with E-state index in [0.29, 0.717) is 25.2 Å². The van der Waals surface area contributed by atoms with E-state index in [4.69, 9.17) is 0 Å². The highest BCUT2D eigenvalue weighted by Crippen LogP contribution is 2.27. The Morgan fingerprint density at radius 1 is 1.09 bits per heavy atom. The number of benzene rings is 1. The standard InChI is InChI=1S/C17H18N4O2/c1-13(22)20-7-8-21(17(23)15-9-18-12-19-10-15)16(11-20)14-5-3-2-4-6-14/h2-6,9-10,12,16H,7-8,11H2,1H3/t16-/m0/s1. The summed E-state index contributed by atoms with van der Waals surface area (Å²) in [4.78, 5) is 35.9. The van der Waals surface area contributed by atoms with Crippen LogP contribution in [0.15, 0.2) is 49.1 Å². The summed E-state index contributed by atoms with van der Waals surface area (Å²) in [6.07, 6.45) is 4.45. The molecule has 1 atom stereocenters. The van der Waals surface area contributed by atoms with Gasteiger partial charge in [0.05, 0.1) is 11.6 Å². The quantitative estimate of drug-likeness (QED) is 0.843. The Morgan fingerprint density at radius 3 is 2.43 bits per heavy atom. The van der Waals surface area contributed by atoms with Gasteiger partial charge in [-0.25, -0.2) is 9.97 Å². The number of hydrogen-bond donors (Lipinski definition) is 0. The first-order valence-electron chi connectivity index (χ1n) is 7.53. The molecule has 0 N–H and O–H groups in total. The van der Waals surface area contributed by atoms with Crippen molar-refractivity contribution in [1.82, 2.24) is 19.8 Å². The first kappa shape index (κ1) is 15.1. The predicted molar refractivity (Wildman–Crippen MR) is 84.5 cm³/mol. The average molecular weight is 310 g/mol.